The third-order valence-electron chi connectivity index (χ3n) is 4.03. The lowest BCUT2D eigenvalue weighted by molar-refractivity contribution is -0.120. The minimum absolute atomic E-state index is 0.167. The predicted molar refractivity (Wildman–Crippen MR) is 65.9 cm³/mol. The van der Waals surface area contributed by atoms with E-state index >= 15 is 0 Å². The summed E-state index contributed by atoms with van der Waals surface area (Å²) >= 11 is 0. The molecule has 1 heterocycles. The summed E-state index contributed by atoms with van der Waals surface area (Å²) in [7, 11) is 1.48. The molecule has 0 bridgehead atoms. The van der Waals surface area contributed by atoms with Crippen molar-refractivity contribution in [2.75, 3.05) is 26.7 Å². The summed E-state index contributed by atoms with van der Waals surface area (Å²) in [5, 5.41) is 14.4. The number of fused-ring (bicyclic) bond motifs is 1. The molecule has 2 fully saturated rings. The van der Waals surface area contributed by atoms with Crippen molar-refractivity contribution in [2.24, 2.45) is 11.8 Å². The maximum Gasteiger partial charge on any atom is 0.321 e. The summed E-state index contributed by atoms with van der Waals surface area (Å²) < 4.78 is 0. The second-order valence-electron chi connectivity index (χ2n) is 5.21. The van der Waals surface area contributed by atoms with Gasteiger partial charge in [0.25, 0.3) is 0 Å². The number of imide groups is 1. The molecule has 1 saturated heterocycles. The zero-order valence-corrected chi connectivity index (χ0v) is 10.7. The van der Waals surface area contributed by atoms with E-state index in [1.807, 2.05) is 0 Å². The molecule has 0 aromatic heterocycles. The monoisotopic (exact) mass is 255 g/mol. The van der Waals surface area contributed by atoms with E-state index in [4.69, 9.17) is 0 Å². The van der Waals surface area contributed by atoms with Gasteiger partial charge in [-0.25, -0.2) is 4.79 Å². The van der Waals surface area contributed by atoms with Crippen molar-refractivity contribution in [3.63, 3.8) is 0 Å². The van der Waals surface area contributed by atoms with Crippen LogP contribution in [0.2, 0.25) is 0 Å². The lowest BCUT2D eigenvalue weighted by Crippen LogP contribution is -2.39. The molecular formula is C12H21N3O3. The van der Waals surface area contributed by atoms with Crippen LogP contribution < -0.4 is 10.6 Å². The quantitative estimate of drug-likeness (QED) is 0.637. The summed E-state index contributed by atoms with van der Waals surface area (Å²) in [6.45, 7) is 2.50. The highest BCUT2D eigenvalue weighted by Crippen LogP contribution is 2.37. The molecule has 6 heteroatoms. The van der Waals surface area contributed by atoms with Crippen molar-refractivity contribution in [1.29, 1.82) is 0 Å². The topological polar surface area (TPSA) is 81.7 Å². The molecule has 102 valence electrons. The number of carbonyl (C=O) groups excluding carboxylic acids is 2. The van der Waals surface area contributed by atoms with Crippen LogP contribution in [0.1, 0.15) is 19.3 Å². The fraction of sp³-hybridized carbons (Fsp3) is 0.833. The van der Waals surface area contributed by atoms with E-state index in [0.29, 0.717) is 24.8 Å². The first-order valence-corrected chi connectivity index (χ1v) is 6.52. The normalized spacial score (nSPS) is 31.1. The van der Waals surface area contributed by atoms with Crippen molar-refractivity contribution in [3.8, 4) is 0 Å². The first kappa shape index (κ1) is 13.3. The van der Waals surface area contributed by atoms with Gasteiger partial charge in [0.05, 0.1) is 6.10 Å². The highest BCUT2D eigenvalue weighted by Gasteiger charge is 2.41. The highest BCUT2D eigenvalue weighted by atomic mass is 16.3. The van der Waals surface area contributed by atoms with Crippen LogP contribution >= 0.6 is 0 Å². The third-order valence-corrected chi connectivity index (χ3v) is 4.03. The Morgan fingerprint density at radius 3 is 2.78 bits per heavy atom. The summed E-state index contributed by atoms with van der Waals surface area (Å²) in [5.74, 6) is 0.709. The van der Waals surface area contributed by atoms with E-state index < -0.39 is 6.03 Å². The molecular weight excluding hydrogens is 234 g/mol. The molecule has 2 rings (SSSR count). The summed E-state index contributed by atoms with van der Waals surface area (Å²) in [6, 6.07) is -0.464. The summed E-state index contributed by atoms with van der Waals surface area (Å²) in [6.07, 6.45) is 2.16. The van der Waals surface area contributed by atoms with Gasteiger partial charge in [-0.3, -0.25) is 10.1 Å². The Kier molecular flexibility index (Phi) is 4.19. The fourth-order valence-corrected chi connectivity index (χ4v) is 3.02. The smallest absolute Gasteiger partial charge is 0.321 e. The minimum Gasteiger partial charge on any atom is -0.393 e. The average Bonchev–Trinajstić information content (AvgIpc) is 2.89. The number of likely N-dealkylation sites (tertiary alicyclic amines) is 1. The van der Waals surface area contributed by atoms with Gasteiger partial charge >= 0.3 is 6.03 Å². The Labute approximate surface area is 107 Å². The van der Waals surface area contributed by atoms with Crippen molar-refractivity contribution < 1.29 is 14.7 Å². The molecule has 0 aromatic rings. The standard InChI is InChI=1S/C12H21N3O3/c1-13-12(18)14-11(17)4-5-15-6-8-2-3-10(16)9(8)7-15/h8-10,16H,2-7H2,1H3,(H2,13,14,17,18). The Morgan fingerprint density at radius 1 is 1.33 bits per heavy atom. The maximum absolute atomic E-state index is 11.4. The second-order valence-corrected chi connectivity index (χ2v) is 5.21. The number of urea groups is 1. The molecule has 1 aliphatic heterocycles. The zero-order chi connectivity index (χ0) is 13.1. The van der Waals surface area contributed by atoms with E-state index in [0.717, 1.165) is 25.9 Å². The van der Waals surface area contributed by atoms with Gasteiger partial charge in [0.1, 0.15) is 0 Å². The molecule has 6 nitrogen and oxygen atoms in total. The SMILES string of the molecule is CNC(=O)NC(=O)CCN1CC2CCC(O)C2C1. The lowest BCUT2D eigenvalue weighted by Gasteiger charge is -2.17. The molecule has 3 amide bonds. The number of aliphatic hydroxyl groups excluding tert-OH is 1. The highest BCUT2D eigenvalue weighted by molar-refractivity contribution is 5.94. The maximum atomic E-state index is 11.4. The number of hydrogen-bond donors (Lipinski definition) is 3. The Bertz CT molecular complexity index is 335. The molecule has 0 spiro atoms. The first-order valence-electron chi connectivity index (χ1n) is 6.52. The van der Waals surface area contributed by atoms with Gasteiger partial charge in [0, 0.05) is 39.0 Å². The number of nitrogens with zero attached hydrogens (tertiary/aromatic N) is 1. The van der Waals surface area contributed by atoms with Crippen LogP contribution in [0.4, 0.5) is 4.79 Å². The Morgan fingerprint density at radius 2 is 2.11 bits per heavy atom. The van der Waals surface area contributed by atoms with Crippen LogP contribution in [0.25, 0.3) is 0 Å². The molecule has 0 radical (unpaired) electrons. The number of amides is 3. The van der Waals surface area contributed by atoms with Crippen LogP contribution in [-0.2, 0) is 4.79 Å². The predicted octanol–water partition coefficient (Wildman–Crippen LogP) is -0.465. The van der Waals surface area contributed by atoms with Crippen molar-refractivity contribution in [1.82, 2.24) is 15.5 Å². The number of rotatable bonds is 3. The van der Waals surface area contributed by atoms with Gasteiger partial charge < -0.3 is 15.3 Å². The number of nitrogens with one attached hydrogen (secondary N) is 2. The molecule has 3 N–H and O–H groups in total. The van der Waals surface area contributed by atoms with Crippen molar-refractivity contribution >= 4 is 11.9 Å². The van der Waals surface area contributed by atoms with E-state index in [2.05, 4.69) is 15.5 Å². The van der Waals surface area contributed by atoms with E-state index in [-0.39, 0.29) is 12.0 Å². The molecule has 18 heavy (non-hydrogen) atoms. The number of hydrogen-bond acceptors (Lipinski definition) is 4. The van der Waals surface area contributed by atoms with Crippen LogP contribution in [0.15, 0.2) is 0 Å². The molecule has 3 unspecified atom stereocenters. The van der Waals surface area contributed by atoms with Crippen LogP contribution in [0.3, 0.4) is 0 Å². The Hall–Kier alpha value is -1.14. The van der Waals surface area contributed by atoms with E-state index in [1.165, 1.54) is 7.05 Å². The van der Waals surface area contributed by atoms with Crippen LogP contribution in [0.5, 0.6) is 0 Å². The summed E-state index contributed by atoms with van der Waals surface area (Å²) in [5.41, 5.74) is 0. The number of carbonyl (C=O) groups is 2. The molecule has 1 saturated carbocycles. The van der Waals surface area contributed by atoms with Gasteiger partial charge in [0.2, 0.25) is 5.91 Å². The van der Waals surface area contributed by atoms with Gasteiger partial charge in [-0.15, -0.1) is 0 Å². The van der Waals surface area contributed by atoms with Gasteiger partial charge in [-0.1, -0.05) is 0 Å². The lowest BCUT2D eigenvalue weighted by atomic mass is 10.00. The van der Waals surface area contributed by atoms with E-state index in [9.17, 15) is 14.7 Å². The third kappa shape index (κ3) is 3.00. The molecule has 0 aromatic carbocycles. The van der Waals surface area contributed by atoms with Gasteiger partial charge in [-0.2, -0.15) is 0 Å². The second kappa shape index (κ2) is 5.67. The first-order chi connectivity index (χ1) is 8.60. The molecule has 2 aliphatic rings. The van der Waals surface area contributed by atoms with Gasteiger partial charge in [-0.05, 0) is 18.8 Å². The molecule has 3 atom stereocenters. The average molecular weight is 255 g/mol. The summed E-state index contributed by atoms with van der Waals surface area (Å²) in [4.78, 5) is 24.6. The fourth-order valence-electron chi connectivity index (χ4n) is 3.02. The minimum atomic E-state index is -0.464. The molecule has 1 aliphatic carbocycles. The zero-order valence-electron chi connectivity index (χ0n) is 10.7. The van der Waals surface area contributed by atoms with Crippen molar-refractivity contribution in [3.05, 3.63) is 0 Å². The Balaban J connectivity index is 1.69. The largest absolute Gasteiger partial charge is 0.393 e. The number of aliphatic hydroxyl groups is 1. The van der Waals surface area contributed by atoms with Gasteiger partial charge in [0.15, 0.2) is 0 Å². The van der Waals surface area contributed by atoms with Crippen LogP contribution in [0, 0.1) is 11.8 Å². The van der Waals surface area contributed by atoms with E-state index in [1.54, 1.807) is 0 Å². The van der Waals surface area contributed by atoms with Crippen molar-refractivity contribution in [2.45, 2.75) is 25.4 Å². The van der Waals surface area contributed by atoms with Crippen LogP contribution in [-0.4, -0.2) is 54.7 Å².